The van der Waals surface area contributed by atoms with Crippen molar-refractivity contribution in [2.75, 3.05) is 0 Å². The van der Waals surface area contributed by atoms with E-state index in [0.717, 1.165) is 6.42 Å². The molecule has 2 nitrogen and oxygen atoms in total. The topological polar surface area (TPSA) is 17.8 Å². The van der Waals surface area contributed by atoms with Gasteiger partial charge in [-0.15, -0.1) is 0 Å². The van der Waals surface area contributed by atoms with Gasteiger partial charge in [-0.05, 0) is 41.6 Å². The van der Waals surface area contributed by atoms with E-state index < -0.39 is 0 Å². The summed E-state index contributed by atoms with van der Waals surface area (Å²) in [6.45, 7) is 2.24. The second kappa shape index (κ2) is 5.27. The Hall–Kier alpha value is -2.09. The van der Waals surface area contributed by atoms with E-state index in [9.17, 15) is 0 Å². The standard InChI is InChI=1S/C17H18N2/c1-2-5-16(15-8-11-18-12-9-15)19-13-10-14-6-3-4-7-17(14)19/h3-4,6-13,16H,2,5H2,1H3/t16-/m1/s1. The summed E-state index contributed by atoms with van der Waals surface area (Å²) in [5.74, 6) is 0. The van der Waals surface area contributed by atoms with Crippen LogP contribution in [-0.2, 0) is 0 Å². The highest BCUT2D eigenvalue weighted by molar-refractivity contribution is 5.80. The molecule has 0 fully saturated rings. The molecule has 0 radical (unpaired) electrons. The van der Waals surface area contributed by atoms with Crippen LogP contribution < -0.4 is 0 Å². The lowest BCUT2D eigenvalue weighted by Gasteiger charge is -2.20. The average molecular weight is 250 g/mol. The van der Waals surface area contributed by atoms with Crippen LogP contribution in [-0.4, -0.2) is 9.55 Å². The first-order chi connectivity index (χ1) is 9.40. The van der Waals surface area contributed by atoms with Gasteiger partial charge in [-0.25, -0.2) is 0 Å². The Morgan fingerprint density at radius 1 is 1.05 bits per heavy atom. The van der Waals surface area contributed by atoms with Crippen molar-refractivity contribution in [1.82, 2.24) is 9.55 Å². The predicted octanol–water partition coefficient (Wildman–Crippen LogP) is 4.43. The molecule has 1 atom stereocenters. The van der Waals surface area contributed by atoms with E-state index in [-0.39, 0.29) is 0 Å². The summed E-state index contributed by atoms with van der Waals surface area (Å²) >= 11 is 0. The lowest BCUT2D eigenvalue weighted by Crippen LogP contribution is -2.09. The van der Waals surface area contributed by atoms with Gasteiger partial charge in [0.05, 0.1) is 6.04 Å². The van der Waals surface area contributed by atoms with Crippen molar-refractivity contribution in [1.29, 1.82) is 0 Å². The van der Waals surface area contributed by atoms with Crippen molar-refractivity contribution in [2.45, 2.75) is 25.8 Å². The lowest BCUT2D eigenvalue weighted by atomic mass is 10.0. The van der Waals surface area contributed by atoms with Crippen molar-refractivity contribution >= 4 is 10.9 Å². The number of nitrogens with zero attached hydrogens (tertiary/aromatic N) is 2. The van der Waals surface area contributed by atoms with E-state index in [1.165, 1.54) is 22.9 Å². The number of hydrogen-bond donors (Lipinski definition) is 0. The third kappa shape index (κ3) is 2.26. The Labute approximate surface area is 113 Å². The molecular formula is C17H18N2. The first-order valence-corrected chi connectivity index (χ1v) is 6.85. The molecule has 0 N–H and O–H groups in total. The monoisotopic (exact) mass is 250 g/mol. The van der Waals surface area contributed by atoms with Gasteiger partial charge in [0.1, 0.15) is 0 Å². The molecule has 0 aliphatic rings. The summed E-state index contributed by atoms with van der Waals surface area (Å²) in [7, 11) is 0. The Morgan fingerprint density at radius 2 is 1.84 bits per heavy atom. The third-order valence-electron chi connectivity index (χ3n) is 3.62. The Bertz CT molecular complexity index is 655. The normalized spacial score (nSPS) is 12.7. The highest BCUT2D eigenvalue weighted by Crippen LogP contribution is 2.28. The molecule has 0 bridgehead atoms. The molecule has 0 saturated heterocycles. The van der Waals surface area contributed by atoms with Gasteiger partial charge >= 0.3 is 0 Å². The van der Waals surface area contributed by atoms with Crippen LogP contribution in [0.25, 0.3) is 10.9 Å². The Morgan fingerprint density at radius 3 is 2.63 bits per heavy atom. The zero-order valence-corrected chi connectivity index (χ0v) is 11.2. The molecule has 0 spiro atoms. The van der Waals surface area contributed by atoms with Gasteiger partial charge in [0.2, 0.25) is 0 Å². The minimum absolute atomic E-state index is 0.396. The average Bonchev–Trinajstić information content (AvgIpc) is 2.89. The van der Waals surface area contributed by atoms with Crippen LogP contribution in [0.1, 0.15) is 31.4 Å². The molecule has 3 aromatic rings. The number of fused-ring (bicyclic) bond motifs is 1. The molecule has 0 saturated carbocycles. The second-order valence-corrected chi connectivity index (χ2v) is 4.87. The van der Waals surface area contributed by atoms with Crippen LogP contribution in [0, 0.1) is 0 Å². The summed E-state index contributed by atoms with van der Waals surface area (Å²) in [5, 5.41) is 1.30. The predicted molar refractivity (Wildman–Crippen MR) is 79.2 cm³/mol. The minimum atomic E-state index is 0.396. The highest BCUT2D eigenvalue weighted by atomic mass is 15.0. The molecule has 0 amide bonds. The number of hydrogen-bond acceptors (Lipinski definition) is 1. The zero-order valence-electron chi connectivity index (χ0n) is 11.2. The summed E-state index contributed by atoms with van der Waals surface area (Å²) < 4.78 is 2.38. The molecule has 2 heteroatoms. The van der Waals surface area contributed by atoms with E-state index in [1.807, 2.05) is 12.4 Å². The van der Waals surface area contributed by atoms with Crippen molar-refractivity contribution in [3.63, 3.8) is 0 Å². The summed E-state index contributed by atoms with van der Waals surface area (Å²) in [6.07, 6.45) is 8.26. The molecule has 0 aliphatic heterocycles. The highest BCUT2D eigenvalue weighted by Gasteiger charge is 2.14. The molecule has 1 aromatic carbocycles. The lowest BCUT2D eigenvalue weighted by molar-refractivity contribution is 0.548. The van der Waals surface area contributed by atoms with E-state index >= 15 is 0 Å². The second-order valence-electron chi connectivity index (χ2n) is 4.87. The van der Waals surface area contributed by atoms with Crippen LogP contribution in [0.15, 0.2) is 61.1 Å². The maximum atomic E-state index is 4.12. The van der Waals surface area contributed by atoms with Crippen molar-refractivity contribution in [2.24, 2.45) is 0 Å². The van der Waals surface area contributed by atoms with Gasteiger partial charge in [-0.1, -0.05) is 31.5 Å². The van der Waals surface area contributed by atoms with Gasteiger partial charge in [0.15, 0.2) is 0 Å². The van der Waals surface area contributed by atoms with E-state index in [0.29, 0.717) is 6.04 Å². The van der Waals surface area contributed by atoms with Gasteiger partial charge in [-0.2, -0.15) is 0 Å². The molecule has 2 aromatic heterocycles. The quantitative estimate of drug-likeness (QED) is 0.670. The summed E-state index contributed by atoms with van der Waals surface area (Å²) in [5.41, 5.74) is 2.64. The van der Waals surface area contributed by atoms with Crippen molar-refractivity contribution in [3.05, 3.63) is 66.6 Å². The van der Waals surface area contributed by atoms with Gasteiger partial charge in [-0.3, -0.25) is 4.98 Å². The molecule has 3 rings (SSSR count). The first-order valence-electron chi connectivity index (χ1n) is 6.85. The largest absolute Gasteiger partial charge is 0.340 e. The van der Waals surface area contributed by atoms with Crippen LogP contribution in [0.3, 0.4) is 0 Å². The molecule has 0 unspecified atom stereocenters. The maximum absolute atomic E-state index is 4.12. The molecule has 0 aliphatic carbocycles. The fourth-order valence-electron chi connectivity index (χ4n) is 2.70. The first kappa shape index (κ1) is 12.0. The fourth-order valence-corrected chi connectivity index (χ4v) is 2.70. The Balaban J connectivity index is 2.10. The number of aromatic nitrogens is 2. The zero-order chi connectivity index (χ0) is 13.1. The van der Waals surface area contributed by atoms with Crippen LogP contribution >= 0.6 is 0 Å². The van der Waals surface area contributed by atoms with Crippen LogP contribution in [0.5, 0.6) is 0 Å². The minimum Gasteiger partial charge on any atom is -0.340 e. The fraction of sp³-hybridized carbons (Fsp3) is 0.235. The number of pyridine rings is 1. The van der Waals surface area contributed by atoms with Crippen molar-refractivity contribution in [3.8, 4) is 0 Å². The van der Waals surface area contributed by atoms with E-state index in [4.69, 9.17) is 0 Å². The van der Waals surface area contributed by atoms with Gasteiger partial charge in [0.25, 0.3) is 0 Å². The smallest absolute Gasteiger partial charge is 0.0586 e. The number of rotatable bonds is 4. The molecule has 19 heavy (non-hydrogen) atoms. The number of para-hydroxylation sites is 1. The molecular weight excluding hydrogens is 232 g/mol. The maximum Gasteiger partial charge on any atom is 0.0586 e. The summed E-state index contributed by atoms with van der Waals surface area (Å²) in [4.78, 5) is 4.12. The van der Waals surface area contributed by atoms with Gasteiger partial charge < -0.3 is 4.57 Å². The van der Waals surface area contributed by atoms with E-state index in [2.05, 4.69) is 65.1 Å². The Kier molecular flexibility index (Phi) is 3.32. The van der Waals surface area contributed by atoms with Gasteiger partial charge in [0, 0.05) is 24.1 Å². The van der Waals surface area contributed by atoms with Crippen molar-refractivity contribution < 1.29 is 0 Å². The SMILES string of the molecule is CCC[C@H](c1ccncc1)n1ccc2ccccc21. The van der Waals surface area contributed by atoms with E-state index in [1.54, 1.807) is 0 Å². The van der Waals surface area contributed by atoms with Crippen LogP contribution in [0.4, 0.5) is 0 Å². The number of benzene rings is 1. The summed E-state index contributed by atoms with van der Waals surface area (Å²) in [6, 6.07) is 15.4. The molecule has 96 valence electrons. The van der Waals surface area contributed by atoms with Crippen LogP contribution in [0.2, 0.25) is 0 Å². The molecule has 2 heterocycles. The third-order valence-corrected chi connectivity index (χ3v) is 3.62.